The monoisotopic (exact) mass is 351 g/mol. The fourth-order valence-corrected chi connectivity index (χ4v) is 2.49. The van der Waals surface area contributed by atoms with E-state index < -0.39 is 17.7 Å². The fourth-order valence-electron chi connectivity index (χ4n) is 2.31. The average Bonchev–Trinajstić information content (AvgIpc) is 2.53. The Morgan fingerprint density at radius 2 is 2.00 bits per heavy atom. The summed E-state index contributed by atoms with van der Waals surface area (Å²) in [5.41, 5.74) is -3.01. The summed E-state index contributed by atoms with van der Waals surface area (Å²) in [4.78, 5) is 15.6. The maximum atomic E-state index is 13.9. The van der Waals surface area contributed by atoms with Gasteiger partial charge in [-0.2, -0.15) is 13.2 Å². The van der Waals surface area contributed by atoms with Crippen LogP contribution in [-0.4, -0.2) is 17.2 Å². The van der Waals surface area contributed by atoms with Gasteiger partial charge in [0.1, 0.15) is 5.69 Å². The van der Waals surface area contributed by atoms with Crippen molar-refractivity contribution in [1.82, 2.24) is 10.3 Å². The second-order valence-electron chi connectivity index (χ2n) is 4.98. The van der Waals surface area contributed by atoms with Gasteiger partial charge >= 0.3 is 12.2 Å². The van der Waals surface area contributed by atoms with Gasteiger partial charge in [0.2, 0.25) is 5.54 Å². The number of alkyl halides is 3. The van der Waals surface area contributed by atoms with Gasteiger partial charge < -0.3 is 10.6 Å². The molecule has 1 aromatic heterocycles. The summed E-state index contributed by atoms with van der Waals surface area (Å²) in [6.07, 6.45) is -3.46. The fraction of sp³-hybridized carbons (Fsp3) is 0.125. The van der Waals surface area contributed by atoms with E-state index >= 15 is 0 Å². The molecule has 1 aliphatic heterocycles. The second-order valence-corrected chi connectivity index (χ2v) is 5.42. The molecule has 2 N–H and O–H groups in total. The van der Waals surface area contributed by atoms with Crippen molar-refractivity contribution in [3.8, 4) is 11.8 Å². The van der Waals surface area contributed by atoms with Gasteiger partial charge in [0.25, 0.3) is 0 Å². The molecule has 4 nitrogen and oxygen atoms in total. The topological polar surface area (TPSA) is 54.0 Å². The number of hydrogen-bond donors (Lipinski definition) is 2. The van der Waals surface area contributed by atoms with Gasteiger partial charge in [-0.25, -0.2) is 9.78 Å². The number of rotatable bonds is 0. The molecule has 8 heteroatoms. The quantitative estimate of drug-likeness (QED) is 0.711. The largest absolute Gasteiger partial charge is 0.427 e. The molecule has 2 amide bonds. The first kappa shape index (κ1) is 16.1. The Morgan fingerprint density at radius 3 is 2.67 bits per heavy atom. The lowest BCUT2D eigenvalue weighted by molar-refractivity contribution is -0.178. The Balaban J connectivity index is 2.23. The first-order valence-electron chi connectivity index (χ1n) is 6.72. The van der Waals surface area contributed by atoms with Crippen molar-refractivity contribution < 1.29 is 18.0 Å². The van der Waals surface area contributed by atoms with E-state index in [1.165, 1.54) is 24.4 Å². The predicted octanol–water partition coefficient (Wildman–Crippen LogP) is 3.68. The molecular formula is C16H9ClF3N3O. The molecule has 122 valence electrons. The number of hydrogen-bond acceptors (Lipinski definition) is 2. The molecule has 1 aromatic carbocycles. The summed E-state index contributed by atoms with van der Waals surface area (Å²) in [6.45, 7) is 0. The van der Waals surface area contributed by atoms with E-state index in [1.807, 2.05) is 5.32 Å². The number of benzene rings is 1. The van der Waals surface area contributed by atoms with Gasteiger partial charge in [-0.15, -0.1) is 0 Å². The second kappa shape index (κ2) is 5.73. The number of halogens is 4. The van der Waals surface area contributed by atoms with Crippen molar-refractivity contribution in [3.63, 3.8) is 0 Å². The Labute approximate surface area is 140 Å². The van der Waals surface area contributed by atoms with Gasteiger partial charge in [0, 0.05) is 22.5 Å². The van der Waals surface area contributed by atoms with Crippen LogP contribution in [0.2, 0.25) is 5.02 Å². The van der Waals surface area contributed by atoms with Crippen LogP contribution in [-0.2, 0) is 5.54 Å². The number of carbonyl (C=O) groups excluding carboxylic acids is 1. The number of anilines is 1. The third-order valence-electron chi connectivity index (χ3n) is 3.40. The number of fused-ring (bicyclic) bond motifs is 1. The van der Waals surface area contributed by atoms with Crippen molar-refractivity contribution in [2.75, 3.05) is 5.32 Å². The zero-order chi connectivity index (χ0) is 17.4. The van der Waals surface area contributed by atoms with Gasteiger partial charge in [-0.3, -0.25) is 0 Å². The van der Waals surface area contributed by atoms with Crippen LogP contribution >= 0.6 is 11.6 Å². The van der Waals surface area contributed by atoms with Crippen LogP contribution in [0.1, 0.15) is 11.3 Å². The standard InChI is InChI=1S/C16H9ClF3N3O/c17-10-4-5-13-12(9-10)15(16(18,19)20,23-14(24)22-13)7-6-11-3-1-2-8-21-11/h1-5,8-9H,(H2,22,23,24). The molecule has 0 bridgehead atoms. The lowest BCUT2D eigenvalue weighted by Gasteiger charge is -2.37. The van der Waals surface area contributed by atoms with E-state index in [2.05, 4.69) is 22.1 Å². The van der Waals surface area contributed by atoms with Crippen molar-refractivity contribution in [3.05, 3.63) is 58.9 Å². The van der Waals surface area contributed by atoms with Crippen molar-refractivity contribution >= 4 is 23.3 Å². The normalized spacial score (nSPS) is 19.4. The maximum absolute atomic E-state index is 13.9. The third kappa shape index (κ3) is 2.76. The number of pyridine rings is 1. The zero-order valence-corrected chi connectivity index (χ0v) is 12.7. The van der Waals surface area contributed by atoms with Crippen LogP contribution in [0.25, 0.3) is 0 Å². The molecule has 1 atom stereocenters. The molecule has 1 aliphatic rings. The summed E-state index contributed by atoms with van der Waals surface area (Å²) in [5.74, 6) is 4.51. The van der Waals surface area contributed by atoms with E-state index in [1.54, 1.807) is 12.1 Å². The van der Waals surface area contributed by atoms with Crippen molar-refractivity contribution in [1.29, 1.82) is 0 Å². The SMILES string of the molecule is O=C1Nc2ccc(Cl)cc2C(C#Cc2ccccn2)(C(F)(F)F)N1. The molecule has 0 spiro atoms. The van der Waals surface area contributed by atoms with E-state index in [9.17, 15) is 18.0 Å². The van der Waals surface area contributed by atoms with Crippen LogP contribution in [0.15, 0.2) is 42.6 Å². The van der Waals surface area contributed by atoms with Gasteiger partial charge in [-0.1, -0.05) is 23.6 Å². The molecular weight excluding hydrogens is 343 g/mol. The van der Waals surface area contributed by atoms with E-state index in [-0.39, 0.29) is 22.0 Å². The van der Waals surface area contributed by atoms with E-state index in [4.69, 9.17) is 11.6 Å². The average molecular weight is 352 g/mol. The molecule has 0 radical (unpaired) electrons. The Morgan fingerprint density at radius 1 is 1.21 bits per heavy atom. The minimum Gasteiger partial charge on any atom is -0.310 e. The molecule has 1 unspecified atom stereocenters. The van der Waals surface area contributed by atoms with Crippen LogP contribution < -0.4 is 10.6 Å². The summed E-state index contributed by atoms with van der Waals surface area (Å²) < 4.78 is 41.6. The van der Waals surface area contributed by atoms with Crippen LogP contribution in [0.5, 0.6) is 0 Å². The zero-order valence-electron chi connectivity index (χ0n) is 11.9. The highest BCUT2D eigenvalue weighted by atomic mass is 35.5. The lowest BCUT2D eigenvalue weighted by atomic mass is 9.86. The first-order chi connectivity index (χ1) is 11.3. The first-order valence-corrected chi connectivity index (χ1v) is 7.10. The van der Waals surface area contributed by atoms with Crippen LogP contribution in [0.3, 0.4) is 0 Å². The summed E-state index contributed by atoms with van der Waals surface area (Å²) >= 11 is 5.84. The summed E-state index contributed by atoms with van der Waals surface area (Å²) in [5, 5.41) is 4.31. The Kier molecular flexibility index (Phi) is 3.85. The van der Waals surface area contributed by atoms with Crippen molar-refractivity contribution in [2.45, 2.75) is 11.7 Å². The highest BCUT2D eigenvalue weighted by Crippen LogP contribution is 2.44. The molecule has 0 saturated carbocycles. The van der Waals surface area contributed by atoms with E-state index in [0.717, 1.165) is 6.07 Å². The van der Waals surface area contributed by atoms with Gasteiger partial charge in [-0.05, 0) is 36.3 Å². The number of urea groups is 1. The molecule has 3 rings (SSSR count). The van der Waals surface area contributed by atoms with Gasteiger partial charge in [0.05, 0.1) is 0 Å². The highest BCUT2D eigenvalue weighted by Gasteiger charge is 2.59. The Bertz CT molecular complexity index is 858. The summed E-state index contributed by atoms with van der Waals surface area (Å²) in [7, 11) is 0. The maximum Gasteiger partial charge on any atom is 0.427 e. The van der Waals surface area contributed by atoms with Crippen LogP contribution in [0.4, 0.5) is 23.7 Å². The number of nitrogens with zero attached hydrogens (tertiary/aromatic N) is 1. The number of nitrogens with one attached hydrogen (secondary N) is 2. The third-order valence-corrected chi connectivity index (χ3v) is 3.64. The van der Waals surface area contributed by atoms with E-state index in [0.29, 0.717) is 0 Å². The minimum atomic E-state index is -4.87. The molecule has 0 fully saturated rings. The molecule has 2 heterocycles. The summed E-state index contributed by atoms with van der Waals surface area (Å²) in [6, 6.07) is 7.51. The van der Waals surface area contributed by atoms with Crippen molar-refractivity contribution in [2.24, 2.45) is 0 Å². The number of amides is 2. The molecule has 0 saturated heterocycles. The molecule has 0 aliphatic carbocycles. The van der Waals surface area contributed by atoms with Gasteiger partial charge in [0.15, 0.2) is 0 Å². The number of aromatic nitrogens is 1. The highest BCUT2D eigenvalue weighted by molar-refractivity contribution is 6.30. The smallest absolute Gasteiger partial charge is 0.310 e. The van der Waals surface area contributed by atoms with Crippen LogP contribution in [0, 0.1) is 11.8 Å². The predicted molar refractivity (Wildman–Crippen MR) is 82.5 cm³/mol. The lowest BCUT2D eigenvalue weighted by Crippen LogP contribution is -2.59. The molecule has 2 aromatic rings. The minimum absolute atomic E-state index is 0.00389. The molecule has 24 heavy (non-hydrogen) atoms. The Hall–Kier alpha value is -2.72. The number of carbonyl (C=O) groups is 1.